The molecule has 0 atom stereocenters. The molecule has 0 spiro atoms. The van der Waals surface area contributed by atoms with Gasteiger partial charge in [-0.15, -0.1) is 5.11 Å². The second kappa shape index (κ2) is 5.11. The molecule has 0 aliphatic heterocycles. The van der Waals surface area contributed by atoms with Crippen molar-refractivity contribution in [1.82, 2.24) is 9.99 Å². The van der Waals surface area contributed by atoms with Crippen LogP contribution in [-0.4, -0.2) is 34.5 Å². The number of nitrogens with zero attached hydrogens (tertiary/aromatic N) is 5. The summed E-state index contributed by atoms with van der Waals surface area (Å²) in [6.07, 6.45) is 1.05. The van der Waals surface area contributed by atoms with Crippen LogP contribution in [0.2, 0.25) is 0 Å². The lowest BCUT2D eigenvalue weighted by Gasteiger charge is -2.10. The van der Waals surface area contributed by atoms with Crippen molar-refractivity contribution in [3.63, 3.8) is 0 Å². The summed E-state index contributed by atoms with van der Waals surface area (Å²) in [5, 5.41) is 28.4. The van der Waals surface area contributed by atoms with E-state index in [-0.39, 0.29) is 10.1 Å². The Hall–Kier alpha value is -2.10. The number of nitro groups is 1. The maximum atomic E-state index is 10.3. The zero-order valence-corrected chi connectivity index (χ0v) is 8.88. The SMILES string of the molecule is CN(CC(=O)[O-])/N=N/c1ncc([N+](=O)[O-])s1. The summed E-state index contributed by atoms with van der Waals surface area (Å²) < 4.78 is 0. The molecule has 10 heteroatoms. The van der Waals surface area contributed by atoms with Crippen molar-refractivity contribution in [2.75, 3.05) is 13.6 Å². The van der Waals surface area contributed by atoms with E-state index in [0.717, 1.165) is 22.5 Å². The fourth-order valence-electron chi connectivity index (χ4n) is 0.720. The zero-order chi connectivity index (χ0) is 12.1. The first-order valence-corrected chi connectivity index (χ1v) is 4.73. The molecule has 0 aliphatic carbocycles. The average Bonchev–Trinajstić information content (AvgIpc) is 2.61. The third kappa shape index (κ3) is 3.57. The van der Waals surface area contributed by atoms with Gasteiger partial charge in [0.05, 0.1) is 17.4 Å². The smallest absolute Gasteiger partial charge is 0.345 e. The minimum absolute atomic E-state index is 0.0805. The van der Waals surface area contributed by atoms with E-state index >= 15 is 0 Å². The Morgan fingerprint density at radius 2 is 2.44 bits per heavy atom. The second-order valence-corrected chi connectivity index (χ2v) is 3.60. The maximum absolute atomic E-state index is 10.3. The van der Waals surface area contributed by atoms with Crippen molar-refractivity contribution in [2.24, 2.45) is 10.3 Å². The van der Waals surface area contributed by atoms with Crippen LogP contribution in [0.1, 0.15) is 0 Å². The molecule has 16 heavy (non-hydrogen) atoms. The highest BCUT2D eigenvalue weighted by Gasteiger charge is 2.10. The van der Waals surface area contributed by atoms with Crippen LogP contribution in [0.4, 0.5) is 10.1 Å². The Bertz CT molecular complexity index is 430. The van der Waals surface area contributed by atoms with Crippen LogP contribution in [0.5, 0.6) is 0 Å². The number of thiazole rings is 1. The third-order valence-electron chi connectivity index (χ3n) is 1.30. The standard InChI is InChI=1S/C6H7N5O4S/c1-10(3-5(12)13)9-8-6-7-2-4(16-6)11(14)15/h2H,3H2,1H3,(H,12,13)/p-1/b9-8+. The van der Waals surface area contributed by atoms with Crippen molar-refractivity contribution in [1.29, 1.82) is 0 Å². The molecule has 0 saturated carbocycles. The van der Waals surface area contributed by atoms with Gasteiger partial charge in [-0.3, -0.25) is 15.1 Å². The maximum Gasteiger partial charge on any atom is 0.345 e. The molecule has 0 unspecified atom stereocenters. The highest BCUT2D eigenvalue weighted by molar-refractivity contribution is 7.18. The van der Waals surface area contributed by atoms with Gasteiger partial charge in [0.25, 0.3) is 0 Å². The molecule has 9 nitrogen and oxygen atoms in total. The average molecular weight is 244 g/mol. The van der Waals surface area contributed by atoms with Crippen molar-refractivity contribution >= 4 is 27.4 Å². The molecule has 86 valence electrons. The van der Waals surface area contributed by atoms with Crippen LogP contribution in [0.3, 0.4) is 0 Å². The van der Waals surface area contributed by atoms with Gasteiger partial charge >= 0.3 is 5.00 Å². The summed E-state index contributed by atoms with van der Waals surface area (Å²) >= 11 is 0.742. The molecule has 1 heterocycles. The van der Waals surface area contributed by atoms with Crippen molar-refractivity contribution in [3.05, 3.63) is 16.3 Å². The van der Waals surface area contributed by atoms with Crippen LogP contribution in [0.15, 0.2) is 16.5 Å². The Morgan fingerprint density at radius 1 is 1.75 bits per heavy atom. The van der Waals surface area contributed by atoms with Crippen LogP contribution < -0.4 is 5.11 Å². The predicted molar refractivity (Wildman–Crippen MR) is 50.9 cm³/mol. The lowest BCUT2D eigenvalue weighted by molar-refractivity contribution is -0.380. The van der Waals surface area contributed by atoms with E-state index in [1.165, 1.54) is 7.05 Å². The minimum Gasteiger partial charge on any atom is -0.548 e. The van der Waals surface area contributed by atoms with E-state index in [9.17, 15) is 20.0 Å². The Morgan fingerprint density at radius 3 is 2.94 bits per heavy atom. The van der Waals surface area contributed by atoms with Gasteiger partial charge in [0.1, 0.15) is 6.20 Å². The largest absolute Gasteiger partial charge is 0.548 e. The lowest BCUT2D eigenvalue weighted by Crippen LogP contribution is -2.33. The molecule has 0 aliphatic rings. The van der Waals surface area contributed by atoms with Gasteiger partial charge in [-0.2, -0.15) is 0 Å². The summed E-state index contributed by atoms with van der Waals surface area (Å²) in [4.78, 5) is 23.5. The molecule has 0 fully saturated rings. The Kier molecular flexibility index (Phi) is 3.83. The van der Waals surface area contributed by atoms with E-state index in [2.05, 4.69) is 15.3 Å². The summed E-state index contributed by atoms with van der Waals surface area (Å²) in [7, 11) is 1.38. The van der Waals surface area contributed by atoms with Crippen LogP contribution in [0, 0.1) is 10.1 Å². The third-order valence-corrected chi connectivity index (χ3v) is 2.14. The van der Waals surface area contributed by atoms with Crippen LogP contribution in [-0.2, 0) is 4.79 Å². The van der Waals surface area contributed by atoms with Gasteiger partial charge in [-0.25, -0.2) is 4.98 Å². The summed E-state index contributed by atoms with van der Waals surface area (Å²) in [5.41, 5.74) is 0. The topological polar surface area (TPSA) is 124 Å². The van der Waals surface area contributed by atoms with Crippen molar-refractivity contribution in [3.8, 4) is 0 Å². The molecule has 1 aromatic heterocycles. The minimum atomic E-state index is -1.30. The number of carboxylic acids is 1. The molecular formula is C6H6N5O4S-. The molecule has 0 N–H and O–H groups in total. The Balaban J connectivity index is 2.62. The number of hydrogen-bond acceptors (Lipinski definition) is 8. The molecule has 0 aromatic carbocycles. The molecule has 0 bridgehead atoms. The number of aliphatic carboxylic acids is 1. The molecule has 1 aromatic rings. The highest BCUT2D eigenvalue weighted by Crippen LogP contribution is 2.27. The van der Waals surface area contributed by atoms with E-state index in [1.54, 1.807) is 0 Å². The number of carboxylic acid groups (broad SMARTS) is 1. The quantitative estimate of drug-likeness (QED) is 0.399. The first-order chi connectivity index (χ1) is 7.49. The molecule has 0 saturated heterocycles. The zero-order valence-electron chi connectivity index (χ0n) is 8.06. The predicted octanol–water partition coefficient (Wildman–Crippen LogP) is -0.268. The van der Waals surface area contributed by atoms with E-state index in [0.29, 0.717) is 0 Å². The molecule has 0 amide bonds. The lowest BCUT2D eigenvalue weighted by atomic mass is 10.7. The molecule has 0 radical (unpaired) electrons. The number of rotatable bonds is 5. The molecular weight excluding hydrogens is 238 g/mol. The fraction of sp³-hybridized carbons (Fsp3) is 0.333. The number of aromatic nitrogens is 1. The summed E-state index contributed by atoms with van der Waals surface area (Å²) in [6.45, 7) is -0.420. The van der Waals surface area contributed by atoms with Gasteiger partial charge in [0, 0.05) is 7.05 Å². The van der Waals surface area contributed by atoms with E-state index in [4.69, 9.17) is 0 Å². The summed E-state index contributed by atoms with van der Waals surface area (Å²) in [6, 6.07) is 0. The first-order valence-electron chi connectivity index (χ1n) is 3.92. The van der Waals surface area contributed by atoms with Gasteiger partial charge < -0.3 is 9.90 Å². The second-order valence-electron chi connectivity index (χ2n) is 2.62. The Labute approximate surface area is 93.2 Å². The van der Waals surface area contributed by atoms with Gasteiger partial charge in [-0.05, 0) is 11.3 Å². The monoisotopic (exact) mass is 244 g/mol. The van der Waals surface area contributed by atoms with Gasteiger partial charge in [-0.1, -0.05) is 5.22 Å². The number of hydrogen-bond donors (Lipinski definition) is 0. The van der Waals surface area contributed by atoms with Gasteiger partial charge in [0.2, 0.25) is 5.13 Å². The number of likely N-dealkylation sites (N-methyl/N-ethyl adjacent to an activating group) is 1. The first kappa shape index (κ1) is 12.0. The summed E-state index contributed by atoms with van der Waals surface area (Å²) in [5.74, 6) is -1.30. The van der Waals surface area contributed by atoms with E-state index < -0.39 is 17.4 Å². The van der Waals surface area contributed by atoms with Crippen molar-refractivity contribution in [2.45, 2.75) is 0 Å². The normalized spacial score (nSPS) is 10.6. The van der Waals surface area contributed by atoms with Crippen LogP contribution >= 0.6 is 11.3 Å². The molecule has 1 rings (SSSR count). The van der Waals surface area contributed by atoms with Gasteiger partial charge in [0.15, 0.2) is 0 Å². The fourth-order valence-corrected chi connectivity index (χ4v) is 1.27. The van der Waals surface area contributed by atoms with Crippen LogP contribution in [0.25, 0.3) is 0 Å². The number of carbonyl (C=O) groups is 1. The highest BCUT2D eigenvalue weighted by atomic mass is 32.1. The van der Waals surface area contributed by atoms with Crippen molar-refractivity contribution < 1.29 is 14.8 Å². The van der Waals surface area contributed by atoms with E-state index in [1.807, 2.05) is 0 Å². The number of carbonyl (C=O) groups excluding carboxylic acids is 1.